The van der Waals surface area contributed by atoms with Gasteiger partial charge in [0.05, 0.1) is 5.56 Å². The van der Waals surface area contributed by atoms with Crippen LogP contribution in [-0.4, -0.2) is 28.7 Å². The van der Waals surface area contributed by atoms with Crippen molar-refractivity contribution in [1.29, 1.82) is 0 Å². The van der Waals surface area contributed by atoms with Gasteiger partial charge in [-0.2, -0.15) is 0 Å². The number of aromatic nitrogens is 1. The summed E-state index contributed by atoms with van der Waals surface area (Å²) in [7, 11) is 0. The van der Waals surface area contributed by atoms with Crippen molar-refractivity contribution in [2.75, 3.05) is 18.0 Å². The number of piperidine rings is 1. The van der Waals surface area contributed by atoms with Crippen LogP contribution in [0, 0.1) is 0 Å². The van der Waals surface area contributed by atoms with Gasteiger partial charge in [0.2, 0.25) is 0 Å². The van der Waals surface area contributed by atoms with Gasteiger partial charge >= 0.3 is 5.97 Å². The molecule has 1 aliphatic rings. The smallest absolute Gasteiger partial charge is 0.337 e. The second-order valence-corrected chi connectivity index (χ2v) is 5.77. The number of carbonyl (C=O) groups is 1. The molecule has 1 aromatic carbocycles. The van der Waals surface area contributed by atoms with Crippen molar-refractivity contribution < 1.29 is 9.90 Å². The van der Waals surface area contributed by atoms with Crippen LogP contribution in [0.5, 0.6) is 0 Å². The number of hydrogen-bond donors (Lipinski definition) is 1. The molecule has 0 atom stereocenters. The SMILES string of the molecule is CCc1c(C(=O)O)ccn1-c1ccc(N2CCCCC2)cc1. The Labute approximate surface area is 131 Å². The number of anilines is 1. The maximum atomic E-state index is 11.3. The van der Waals surface area contributed by atoms with Gasteiger partial charge in [0.15, 0.2) is 0 Å². The van der Waals surface area contributed by atoms with Crippen LogP contribution in [0.2, 0.25) is 0 Å². The molecule has 1 N–H and O–H groups in total. The van der Waals surface area contributed by atoms with Gasteiger partial charge in [-0.1, -0.05) is 6.92 Å². The molecule has 1 saturated heterocycles. The van der Waals surface area contributed by atoms with Crippen LogP contribution < -0.4 is 4.90 Å². The Morgan fingerprint density at radius 3 is 2.27 bits per heavy atom. The first-order chi connectivity index (χ1) is 10.7. The summed E-state index contributed by atoms with van der Waals surface area (Å²) < 4.78 is 1.98. The second kappa shape index (κ2) is 6.26. The Hall–Kier alpha value is -2.23. The van der Waals surface area contributed by atoms with Crippen molar-refractivity contribution in [3.63, 3.8) is 0 Å². The summed E-state index contributed by atoms with van der Waals surface area (Å²) in [5.74, 6) is -0.861. The monoisotopic (exact) mass is 298 g/mol. The van der Waals surface area contributed by atoms with E-state index in [0.717, 1.165) is 24.5 Å². The molecule has 2 aromatic rings. The molecule has 0 amide bonds. The Morgan fingerprint density at radius 2 is 1.68 bits per heavy atom. The third kappa shape index (κ3) is 2.73. The number of carboxylic acid groups (broad SMARTS) is 1. The fourth-order valence-electron chi connectivity index (χ4n) is 3.24. The summed E-state index contributed by atoms with van der Waals surface area (Å²) in [6.45, 7) is 4.25. The molecular formula is C18H22N2O2. The molecule has 0 saturated carbocycles. The van der Waals surface area contributed by atoms with E-state index in [1.165, 1.54) is 24.9 Å². The minimum Gasteiger partial charge on any atom is -0.478 e. The van der Waals surface area contributed by atoms with Crippen LogP contribution >= 0.6 is 0 Å². The number of benzene rings is 1. The Balaban J connectivity index is 1.88. The molecule has 2 heterocycles. The molecule has 1 aromatic heterocycles. The molecule has 0 radical (unpaired) electrons. The van der Waals surface area contributed by atoms with Crippen LogP contribution in [0.15, 0.2) is 36.5 Å². The largest absolute Gasteiger partial charge is 0.478 e. The number of carboxylic acids is 1. The molecule has 22 heavy (non-hydrogen) atoms. The molecule has 3 rings (SSSR count). The number of nitrogens with zero attached hydrogens (tertiary/aromatic N) is 2. The van der Waals surface area contributed by atoms with Gasteiger partial charge in [0.25, 0.3) is 0 Å². The summed E-state index contributed by atoms with van der Waals surface area (Å²) in [6.07, 6.45) is 6.40. The number of aromatic carboxylic acids is 1. The normalized spacial score (nSPS) is 15.0. The maximum Gasteiger partial charge on any atom is 0.337 e. The molecule has 1 aliphatic heterocycles. The number of rotatable bonds is 4. The van der Waals surface area contributed by atoms with Crippen LogP contribution in [0.25, 0.3) is 5.69 Å². The van der Waals surface area contributed by atoms with E-state index in [4.69, 9.17) is 0 Å². The zero-order valence-corrected chi connectivity index (χ0v) is 13.0. The first-order valence-electron chi connectivity index (χ1n) is 7.99. The highest BCUT2D eigenvalue weighted by Gasteiger charge is 2.15. The van der Waals surface area contributed by atoms with Gasteiger partial charge in [-0.15, -0.1) is 0 Å². The van der Waals surface area contributed by atoms with Gasteiger partial charge in [-0.25, -0.2) is 4.79 Å². The molecule has 0 bridgehead atoms. The zero-order valence-electron chi connectivity index (χ0n) is 13.0. The highest BCUT2D eigenvalue weighted by Crippen LogP contribution is 2.23. The van der Waals surface area contributed by atoms with E-state index in [1.807, 2.05) is 17.7 Å². The topological polar surface area (TPSA) is 45.5 Å². The van der Waals surface area contributed by atoms with Crippen LogP contribution in [0.3, 0.4) is 0 Å². The minimum absolute atomic E-state index is 0.391. The molecule has 0 spiro atoms. The molecular weight excluding hydrogens is 276 g/mol. The molecule has 4 heteroatoms. The van der Waals surface area contributed by atoms with E-state index in [1.54, 1.807) is 6.07 Å². The average molecular weight is 298 g/mol. The second-order valence-electron chi connectivity index (χ2n) is 5.77. The Kier molecular flexibility index (Phi) is 4.18. The number of hydrogen-bond acceptors (Lipinski definition) is 2. The molecule has 4 nitrogen and oxygen atoms in total. The fourth-order valence-corrected chi connectivity index (χ4v) is 3.24. The van der Waals surface area contributed by atoms with E-state index in [9.17, 15) is 9.90 Å². The lowest BCUT2D eigenvalue weighted by Crippen LogP contribution is -2.29. The van der Waals surface area contributed by atoms with Crippen molar-refractivity contribution in [2.45, 2.75) is 32.6 Å². The predicted octanol–water partition coefficient (Wildman–Crippen LogP) is 3.73. The summed E-state index contributed by atoms with van der Waals surface area (Å²) >= 11 is 0. The van der Waals surface area contributed by atoms with Gasteiger partial charge in [-0.05, 0) is 56.0 Å². The summed E-state index contributed by atoms with van der Waals surface area (Å²) in [6, 6.07) is 10.1. The Morgan fingerprint density at radius 1 is 1.05 bits per heavy atom. The van der Waals surface area contributed by atoms with E-state index in [0.29, 0.717) is 12.0 Å². The van der Waals surface area contributed by atoms with E-state index in [-0.39, 0.29) is 0 Å². The summed E-state index contributed by atoms with van der Waals surface area (Å²) in [4.78, 5) is 13.7. The highest BCUT2D eigenvalue weighted by molar-refractivity contribution is 5.89. The van der Waals surface area contributed by atoms with Crippen molar-refractivity contribution in [3.8, 4) is 5.69 Å². The third-order valence-electron chi connectivity index (χ3n) is 4.41. The van der Waals surface area contributed by atoms with Crippen molar-refractivity contribution >= 4 is 11.7 Å². The molecule has 0 unspecified atom stereocenters. The lowest BCUT2D eigenvalue weighted by molar-refractivity contribution is 0.0696. The summed E-state index contributed by atoms with van der Waals surface area (Å²) in [5, 5.41) is 9.25. The van der Waals surface area contributed by atoms with Crippen molar-refractivity contribution in [2.24, 2.45) is 0 Å². The first-order valence-corrected chi connectivity index (χ1v) is 7.99. The van der Waals surface area contributed by atoms with Crippen LogP contribution in [0.4, 0.5) is 5.69 Å². The van der Waals surface area contributed by atoms with E-state index >= 15 is 0 Å². The molecule has 1 fully saturated rings. The average Bonchev–Trinajstić information content (AvgIpc) is 3.00. The van der Waals surface area contributed by atoms with Crippen LogP contribution in [0.1, 0.15) is 42.2 Å². The quantitative estimate of drug-likeness (QED) is 0.935. The van der Waals surface area contributed by atoms with Crippen molar-refractivity contribution in [1.82, 2.24) is 4.57 Å². The zero-order chi connectivity index (χ0) is 15.5. The Bertz CT molecular complexity index is 652. The van der Waals surface area contributed by atoms with Crippen molar-refractivity contribution in [3.05, 3.63) is 47.8 Å². The first kappa shape index (κ1) is 14.7. The predicted molar refractivity (Wildman–Crippen MR) is 88.2 cm³/mol. The maximum absolute atomic E-state index is 11.3. The summed E-state index contributed by atoms with van der Waals surface area (Å²) in [5.41, 5.74) is 3.51. The highest BCUT2D eigenvalue weighted by atomic mass is 16.4. The van der Waals surface area contributed by atoms with Gasteiger partial charge < -0.3 is 14.6 Å². The fraction of sp³-hybridized carbons (Fsp3) is 0.389. The lowest BCUT2D eigenvalue weighted by atomic mass is 10.1. The van der Waals surface area contributed by atoms with Gasteiger partial charge in [0, 0.05) is 36.4 Å². The molecule has 0 aliphatic carbocycles. The van der Waals surface area contributed by atoms with Gasteiger partial charge in [0.1, 0.15) is 0 Å². The third-order valence-corrected chi connectivity index (χ3v) is 4.41. The lowest BCUT2D eigenvalue weighted by Gasteiger charge is -2.29. The van der Waals surface area contributed by atoms with E-state index < -0.39 is 5.97 Å². The minimum atomic E-state index is -0.861. The van der Waals surface area contributed by atoms with E-state index in [2.05, 4.69) is 29.2 Å². The van der Waals surface area contributed by atoms with Gasteiger partial charge in [-0.3, -0.25) is 0 Å². The standard InChI is InChI=1S/C18H22N2O2/c1-2-17-16(18(21)22)10-13-20(17)15-8-6-14(7-9-15)19-11-4-3-5-12-19/h6-10,13H,2-5,11-12H2,1H3,(H,21,22). The van der Waals surface area contributed by atoms with Crippen LogP contribution in [-0.2, 0) is 6.42 Å². The molecule has 116 valence electrons.